The predicted octanol–water partition coefficient (Wildman–Crippen LogP) is 2.67. The maximum Gasteiger partial charge on any atom is 0.339 e. The van der Waals surface area contributed by atoms with Crippen LogP contribution in [0.15, 0.2) is 18.2 Å². The van der Waals surface area contributed by atoms with Gasteiger partial charge in [0.25, 0.3) is 0 Å². The summed E-state index contributed by atoms with van der Waals surface area (Å²) in [6.07, 6.45) is 1.67. The van der Waals surface area contributed by atoms with E-state index >= 15 is 0 Å². The van der Waals surface area contributed by atoms with E-state index in [9.17, 15) is 4.79 Å². The minimum atomic E-state index is -0.443. The van der Waals surface area contributed by atoms with Crippen LogP contribution in [-0.2, 0) is 11.2 Å². The summed E-state index contributed by atoms with van der Waals surface area (Å²) in [4.78, 5) is 11.6. The van der Waals surface area contributed by atoms with E-state index in [2.05, 4.69) is 15.9 Å². The largest absolute Gasteiger partial charge is 0.465 e. The monoisotopic (exact) mass is 281 g/mol. The number of nitriles is 1. The number of carbonyl (C=O) groups excluding carboxylic acids is 1. The Kier molecular flexibility index (Phi) is 5.00. The summed E-state index contributed by atoms with van der Waals surface area (Å²) >= 11 is 3.34. The van der Waals surface area contributed by atoms with Crippen LogP contribution in [0.1, 0.15) is 27.9 Å². The lowest BCUT2D eigenvalue weighted by atomic mass is 9.98. The molecule has 4 heteroatoms. The highest BCUT2D eigenvalue weighted by atomic mass is 79.9. The number of benzene rings is 1. The SMILES string of the molecule is COC(=O)c1c(C#N)cccc1CCCBr. The third-order valence-electron chi connectivity index (χ3n) is 2.24. The molecule has 1 aromatic carbocycles. The summed E-state index contributed by atoms with van der Waals surface area (Å²) in [6, 6.07) is 7.29. The molecule has 3 nitrogen and oxygen atoms in total. The molecule has 1 rings (SSSR count). The Morgan fingerprint density at radius 1 is 1.56 bits per heavy atom. The second-order valence-corrected chi connectivity index (χ2v) is 4.03. The van der Waals surface area contributed by atoms with Gasteiger partial charge < -0.3 is 4.74 Å². The number of alkyl halides is 1. The molecule has 0 heterocycles. The summed E-state index contributed by atoms with van der Waals surface area (Å²) < 4.78 is 4.70. The quantitative estimate of drug-likeness (QED) is 0.630. The number of nitrogens with zero attached hydrogens (tertiary/aromatic N) is 1. The first kappa shape index (κ1) is 12.7. The normalized spacial score (nSPS) is 9.56. The van der Waals surface area contributed by atoms with Gasteiger partial charge in [-0.15, -0.1) is 0 Å². The van der Waals surface area contributed by atoms with Gasteiger partial charge in [-0.25, -0.2) is 4.79 Å². The zero-order valence-corrected chi connectivity index (χ0v) is 10.6. The number of aryl methyl sites for hydroxylation is 1. The lowest BCUT2D eigenvalue weighted by Gasteiger charge is -2.08. The molecular weight excluding hydrogens is 270 g/mol. The maximum absolute atomic E-state index is 11.6. The molecule has 0 aliphatic heterocycles. The number of halogens is 1. The molecule has 0 aliphatic rings. The summed E-state index contributed by atoms with van der Waals surface area (Å²) in [5, 5.41) is 9.81. The molecule has 0 unspecified atom stereocenters. The number of hydrogen-bond donors (Lipinski definition) is 0. The van der Waals surface area contributed by atoms with Crippen molar-refractivity contribution >= 4 is 21.9 Å². The van der Waals surface area contributed by atoms with Crippen molar-refractivity contribution < 1.29 is 9.53 Å². The van der Waals surface area contributed by atoms with Crippen molar-refractivity contribution in [1.29, 1.82) is 5.26 Å². The topological polar surface area (TPSA) is 50.1 Å². The van der Waals surface area contributed by atoms with E-state index in [1.165, 1.54) is 7.11 Å². The number of rotatable bonds is 4. The first-order chi connectivity index (χ1) is 7.74. The molecule has 0 amide bonds. The molecule has 0 N–H and O–H groups in total. The van der Waals surface area contributed by atoms with Gasteiger partial charge in [-0.3, -0.25) is 0 Å². The Hall–Kier alpha value is -1.34. The molecule has 0 saturated carbocycles. The van der Waals surface area contributed by atoms with Gasteiger partial charge in [0, 0.05) is 5.33 Å². The highest BCUT2D eigenvalue weighted by Gasteiger charge is 2.16. The zero-order chi connectivity index (χ0) is 12.0. The fourth-order valence-electron chi connectivity index (χ4n) is 1.50. The Labute approximate surface area is 103 Å². The number of methoxy groups -OCH3 is 1. The molecule has 0 spiro atoms. The molecular formula is C12H12BrNO2. The minimum Gasteiger partial charge on any atom is -0.465 e. The van der Waals surface area contributed by atoms with Crippen molar-refractivity contribution in [3.8, 4) is 6.07 Å². The van der Waals surface area contributed by atoms with Crippen LogP contribution in [0, 0.1) is 11.3 Å². The molecule has 0 aliphatic carbocycles. The first-order valence-corrected chi connectivity index (χ1v) is 6.03. The molecule has 1 aromatic rings. The minimum absolute atomic E-state index is 0.374. The van der Waals surface area contributed by atoms with E-state index in [4.69, 9.17) is 10.00 Å². The smallest absolute Gasteiger partial charge is 0.339 e. The van der Waals surface area contributed by atoms with Gasteiger partial charge in [0.2, 0.25) is 0 Å². The molecule has 0 aromatic heterocycles. The number of hydrogen-bond acceptors (Lipinski definition) is 3. The van der Waals surface area contributed by atoms with Crippen LogP contribution in [0.3, 0.4) is 0 Å². The third kappa shape index (κ3) is 2.83. The Morgan fingerprint density at radius 3 is 2.88 bits per heavy atom. The summed E-state index contributed by atoms with van der Waals surface area (Å²) in [7, 11) is 1.32. The molecule has 84 valence electrons. The van der Waals surface area contributed by atoms with Crippen molar-refractivity contribution in [1.82, 2.24) is 0 Å². The van der Waals surface area contributed by atoms with Crippen LogP contribution in [0.2, 0.25) is 0 Å². The van der Waals surface area contributed by atoms with Crippen LogP contribution in [0.5, 0.6) is 0 Å². The van der Waals surface area contributed by atoms with Gasteiger partial charge >= 0.3 is 5.97 Å². The van der Waals surface area contributed by atoms with E-state index in [0.29, 0.717) is 11.1 Å². The maximum atomic E-state index is 11.6. The van der Waals surface area contributed by atoms with Gasteiger partial charge in [-0.2, -0.15) is 5.26 Å². The molecule has 0 fully saturated rings. The number of esters is 1. The van der Waals surface area contributed by atoms with E-state index < -0.39 is 5.97 Å². The Balaban J connectivity index is 3.16. The van der Waals surface area contributed by atoms with Gasteiger partial charge in [0.1, 0.15) is 6.07 Å². The molecule has 0 saturated heterocycles. The standard InChI is InChI=1S/C12H12BrNO2/c1-16-12(15)11-9(6-3-7-13)4-2-5-10(11)8-14/h2,4-5H,3,6-7H2,1H3. The zero-order valence-electron chi connectivity index (χ0n) is 9.00. The Morgan fingerprint density at radius 2 is 2.31 bits per heavy atom. The van der Waals surface area contributed by atoms with Gasteiger partial charge in [-0.05, 0) is 24.5 Å². The summed E-state index contributed by atoms with van der Waals surface area (Å²) in [5.41, 5.74) is 1.64. The first-order valence-electron chi connectivity index (χ1n) is 4.90. The number of carbonyl (C=O) groups is 1. The molecule has 0 bridgehead atoms. The fraction of sp³-hybridized carbons (Fsp3) is 0.333. The van der Waals surface area contributed by atoms with Crippen LogP contribution >= 0.6 is 15.9 Å². The molecule has 0 radical (unpaired) electrons. The van der Waals surface area contributed by atoms with Crippen molar-refractivity contribution in [3.63, 3.8) is 0 Å². The van der Waals surface area contributed by atoms with Crippen molar-refractivity contribution in [2.75, 3.05) is 12.4 Å². The van der Waals surface area contributed by atoms with Crippen molar-refractivity contribution in [3.05, 3.63) is 34.9 Å². The van der Waals surface area contributed by atoms with Gasteiger partial charge in [-0.1, -0.05) is 28.1 Å². The average Bonchev–Trinajstić information content (AvgIpc) is 2.34. The highest BCUT2D eigenvalue weighted by Crippen LogP contribution is 2.17. The van der Waals surface area contributed by atoms with E-state index in [0.717, 1.165) is 23.7 Å². The summed E-state index contributed by atoms with van der Waals surface area (Å²) in [5.74, 6) is -0.443. The van der Waals surface area contributed by atoms with Crippen LogP contribution in [0.25, 0.3) is 0 Å². The third-order valence-corrected chi connectivity index (χ3v) is 2.80. The van der Waals surface area contributed by atoms with Gasteiger partial charge in [0.05, 0.1) is 18.2 Å². The van der Waals surface area contributed by atoms with Crippen LogP contribution in [0.4, 0.5) is 0 Å². The van der Waals surface area contributed by atoms with E-state index in [1.807, 2.05) is 12.1 Å². The van der Waals surface area contributed by atoms with Crippen LogP contribution in [-0.4, -0.2) is 18.4 Å². The fourth-order valence-corrected chi connectivity index (χ4v) is 1.78. The second kappa shape index (κ2) is 6.29. The van der Waals surface area contributed by atoms with Crippen molar-refractivity contribution in [2.24, 2.45) is 0 Å². The van der Waals surface area contributed by atoms with Crippen LogP contribution < -0.4 is 0 Å². The van der Waals surface area contributed by atoms with E-state index in [1.54, 1.807) is 12.1 Å². The Bertz CT molecular complexity index is 424. The van der Waals surface area contributed by atoms with Crippen molar-refractivity contribution in [2.45, 2.75) is 12.8 Å². The second-order valence-electron chi connectivity index (χ2n) is 3.24. The highest BCUT2D eigenvalue weighted by molar-refractivity contribution is 9.09. The lowest BCUT2D eigenvalue weighted by molar-refractivity contribution is 0.0599. The molecule has 16 heavy (non-hydrogen) atoms. The predicted molar refractivity (Wildman–Crippen MR) is 64.6 cm³/mol. The van der Waals surface area contributed by atoms with E-state index in [-0.39, 0.29) is 0 Å². The van der Waals surface area contributed by atoms with Gasteiger partial charge in [0.15, 0.2) is 0 Å². The average molecular weight is 282 g/mol. The number of ether oxygens (including phenoxy) is 1. The summed E-state index contributed by atoms with van der Waals surface area (Å²) in [6.45, 7) is 0. The molecule has 0 atom stereocenters. The lowest BCUT2D eigenvalue weighted by Crippen LogP contribution is -2.08.